The third kappa shape index (κ3) is 4.16. The minimum Gasteiger partial charge on any atom is -0.326 e. The molecule has 1 aromatic carbocycles. The number of amides is 1. The van der Waals surface area contributed by atoms with Gasteiger partial charge in [-0.1, -0.05) is 6.07 Å². The molecule has 0 unspecified atom stereocenters. The molecule has 110 valence electrons. The monoisotopic (exact) mass is 408 g/mol. The van der Waals surface area contributed by atoms with Crippen molar-refractivity contribution in [3.63, 3.8) is 0 Å². The molecule has 0 bridgehead atoms. The van der Waals surface area contributed by atoms with Crippen LogP contribution in [0.15, 0.2) is 24.3 Å². The summed E-state index contributed by atoms with van der Waals surface area (Å²) in [6.45, 7) is 0.778. The first-order chi connectivity index (χ1) is 9.36. The highest BCUT2D eigenvalue weighted by atomic mass is 127. The standard InChI is InChI=1S/C13H17IN2O3S/c1-20(18,19)16-7-3-4-10(9-16)13(17)15-12-6-2-5-11(14)8-12/h2,5-6,8,10H,3-4,7,9H2,1H3,(H,15,17)/t10-/m0/s1. The summed E-state index contributed by atoms with van der Waals surface area (Å²) in [6, 6.07) is 7.54. The molecule has 20 heavy (non-hydrogen) atoms. The molecule has 1 aliphatic heterocycles. The second kappa shape index (κ2) is 6.40. The molecule has 1 atom stereocenters. The molecule has 5 nitrogen and oxygen atoms in total. The van der Waals surface area contributed by atoms with Crippen LogP contribution in [0.3, 0.4) is 0 Å². The van der Waals surface area contributed by atoms with Crippen LogP contribution in [0.2, 0.25) is 0 Å². The van der Waals surface area contributed by atoms with Crippen LogP contribution in [0, 0.1) is 9.49 Å². The fourth-order valence-electron chi connectivity index (χ4n) is 2.27. The number of sulfonamides is 1. The van der Waals surface area contributed by atoms with Crippen LogP contribution in [-0.4, -0.2) is 38.0 Å². The number of piperidine rings is 1. The Morgan fingerprint density at radius 1 is 1.45 bits per heavy atom. The Hall–Kier alpha value is -0.670. The average molecular weight is 408 g/mol. The van der Waals surface area contributed by atoms with E-state index in [-0.39, 0.29) is 18.4 Å². The Labute approximate surface area is 132 Å². The summed E-state index contributed by atoms with van der Waals surface area (Å²) in [5.74, 6) is -0.392. The second-order valence-corrected chi connectivity index (χ2v) is 8.19. The number of hydrogen-bond acceptors (Lipinski definition) is 3. The van der Waals surface area contributed by atoms with Crippen molar-refractivity contribution in [3.05, 3.63) is 27.8 Å². The van der Waals surface area contributed by atoms with Crippen molar-refractivity contribution in [2.24, 2.45) is 5.92 Å². The van der Waals surface area contributed by atoms with Gasteiger partial charge in [0.1, 0.15) is 0 Å². The summed E-state index contributed by atoms with van der Waals surface area (Å²) in [5.41, 5.74) is 0.748. The van der Waals surface area contributed by atoms with Crippen molar-refractivity contribution in [3.8, 4) is 0 Å². The van der Waals surface area contributed by atoms with Gasteiger partial charge in [0.2, 0.25) is 15.9 Å². The lowest BCUT2D eigenvalue weighted by Gasteiger charge is -2.30. The van der Waals surface area contributed by atoms with E-state index in [2.05, 4.69) is 27.9 Å². The van der Waals surface area contributed by atoms with Crippen molar-refractivity contribution in [1.82, 2.24) is 4.31 Å². The summed E-state index contributed by atoms with van der Waals surface area (Å²) in [5, 5.41) is 2.86. The number of benzene rings is 1. The van der Waals surface area contributed by atoms with Crippen LogP contribution in [0.4, 0.5) is 5.69 Å². The molecule has 1 N–H and O–H groups in total. The number of nitrogens with one attached hydrogen (secondary N) is 1. The summed E-state index contributed by atoms with van der Waals surface area (Å²) in [7, 11) is -3.22. The lowest BCUT2D eigenvalue weighted by Crippen LogP contribution is -2.43. The van der Waals surface area contributed by atoms with Gasteiger partial charge in [0.05, 0.1) is 12.2 Å². The third-order valence-corrected chi connectivity index (χ3v) is 5.26. The average Bonchev–Trinajstić information content (AvgIpc) is 2.38. The lowest BCUT2D eigenvalue weighted by molar-refractivity contribution is -0.120. The first-order valence-electron chi connectivity index (χ1n) is 6.38. The molecular formula is C13H17IN2O3S. The predicted molar refractivity (Wildman–Crippen MR) is 86.9 cm³/mol. The molecule has 1 fully saturated rings. The molecule has 0 aliphatic carbocycles. The van der Waals surface area contributed by atoms with Gasteiger partial charge in [-0.25, -0.2) is 12.7 Å². The summed E-state index contributed by atoms with van der Waals surface area (Å²) < 4.78 is 25.5. The molecule has 1 aromatic rings. The van der Waals surface area contributed by atoms with E-state index in [1.807, 2.05) is 24.3 Å². The third-order valence-electron chi connectivity index (χ3n) is 3.32. The SMILES string of the molecule is CS(=O)(=O)N1CCC[C@H](C(=O)Nc2cccc(I)c2)C1. The molecule has 1 heterocycles. The van der Waals surface area contributed by atoms with Gasteiger partial charge in [0.25, 0.3) is 0 Å². The highest BCUT2D eigenvalue weighted by molar-refractivity contribution is 14.1. The molecule has 0 spiro atoms. The van der Waals surface area contributed by atoms with Gasteiger partial charge in [-0.2, -0.15) is 0 Å². The Kier molecular flexibility index (Phi) is 5.03. The molecule has 0 aromatic heterocycles. The van der Waals surface area contributed by atoms with Gasteiger partial charge < -0.3 is 5.32 Å². The van der Waals surface area contributed by atoms with Gasteiger partial charge in [-0.3, -0.25) is 4.79 Å². The van der Waals surface area contributed by atoms with Crippen LogP contribution in [0.1, 0.15) is 12.8 Å². The highest BCUT2D eigenvalue weighted by Gasteiger charge is 2.30. The van der Waals surface area contributed by atoms with Crippen molar-refractivity contribution in [2.75, 3.05) is 24.7 Å². The summed E-state index contributed by atoms with van der Waals surface area (Å²) >= 11 is 2.18. The van der Waals surface area contributed by atoms with Crippen molar-refractivity contribution < 1.29 is 13.2 Å². The first-order valence-corrected chi connectivity index (χ1v) is 9.30. The zero-order valence-corrected chi connectivity index (χ0v) is 14.1. The van der Waals surface area contributed by atoms with Crippen LogP contribution < -0.4 is 5.32 Å². The Balaban J connectivity index is 2.02. The van der Waals surface area contributed by atoms with Crippen molar-refractivity contribution >= 4 is 44.2 Å². The van der Waals surface area contributed by atoms with Crippen LogP contribution in [0.25, 0.3) is 0 Å². The van der Waals surface area contributed by atoms with Gasteiger partial charge in [-0.05, 0) is 53.6 Å². The Morgan fingerprint density at radius 3 is 2.85 bits per heavy atom. The van der Waals surface area contributed by atoms with Gasteiger partial charge in [0.15, 0.2) is 0 Å². The second-order valence-electron chi connectivity index (χ2n) is 4.96. The van der Waals surface area contributed by atoms with E-state index in [1.165, 1.54) is 10.6 Å². The lowest BCUT2D eigenvalue weighted by atomic mass is 9.99. The van der Waals surface area contributed by atoms with E-state index in [0.717, 1.165) is 22.1 Å². The number of nitrogens with zero attached hydrogens (tertiary/aromatic N) is 1. The zero-order chi connectivity index (χ0) is 14.8. The van der Waals surface area contributed by atoms with Gasteiger partial charge >= 0.3 is 0 Å². The van der Waals surface area contributed by atoms with Crippen LogP contribution >= 0.6 is 22.6 Å². The van der Waals surface area contributed by atoms with Gasteiger partial charge in [-0.15, -0.1) is 0 Å². The maximum absolute atomic E-state index is 12.2. The Bertz CT molecular complexity index is 603. The van der Waals surface area contributed by atoms with E-state index < -0.39 is 10.0 Å². The maximum Gasteiger partial charge on any atom is 0.228 e. The smallest absolute Gasteiger partial charge is 0.228 e. The summed E-state index contributed by atoms with van der Waals surface area (Å²) in [4.78, 5) is 12.2. The summed E-state index contributed by atoms with van der Waals surface area (Å²) in [6.07, 6.45) is 2.63. The maximum atomic E-state index is 12.2. The minimum absolute atomic E-state index is 0.111. The number of anilines is 1. The number of hydrogen-bond donors (Lipinski definition) is 1. The highest BCUT2D eigenvalue weighted by Crippen LogP contribution is 2.21. The molecule has 2 rings (SSSR count). The van der Waals surface area contributed by atoms with Crippen LogP contribution in [0.5, 0.6) is 0 Å². The van der Waals surface area contributed by atoms with Crippen molar-refractivity contribution in [2.45, 2.75) is 12.8 Å². The normalized spacial score (nSPS) is 20.6. The molecule has 1 aliphatic rings. The van der Waals surface area contributed by atoms with E-state index in [4.69, 9.17) is 0 Å². The molecular weight excluding hydrogens is 391 g/mol. The molecule has 0 saturated carbocycles. The van der Waals surface area contributed by atoms with Gasteiger partial charge in [0, 0.05) is 22.3 Å². The molecule has 7 heteroatoms. The molecule has 1 amide bonds. The number of halogens is 1. The number of carbonyl (C=O) groups is 1. The minimum atomic E-state index is -3.22. The van der Waals surface area contributed by atoms with E-state index in [0.29, 0.717) is 6.54 Å². The topological polar surface area (TPSA) is 66.5 Å². The zero-order valence-electron chi connectivity index (χ0n) is 11.2. The molecule has 0 radical (unpaired) electrons. The quantitative estimate of drug-likeness (QED) is 0.778. The number of carbonyl (C=O) groups excluding carboxylic acids is 1. The fraction of sp³-hybridized carbons (Fsp3) is 0.462. The van der Waals surface area contributed by atoms with Crippen molar-refractivity contribution in [1.29, 1.82) is 0 Å². The molecule has 1 saturated heterocycles. The largest absolute Gasteiger partial charge is 0.326 e. The van der Waals surface area contributed by atoms with E-state index in [1.54, 1.807) is 0 Å². The van der Waals surface area contributed by atoms with E-state index in [9.17, 15) is 13.2 Å². The number of rotatable bonds is 3. The fourth-order valence-corrected chi connectivity index (χ4v) is 3.72. The Morgan fingerprint density at radius 2 is 2.20 bits per heavy atom. The predicted octanol–water partition coefficient (Wildman–Crippen LogP) is 1.90. The van der Waals surface area contributed by atoms with E-state index >= 15 is 0 Å². The first kappa shape index (κ1) is 15.7. The van der Waals surface area contributed by atoms with Crippen LogP contribution in [-0.2, 0) is 14.8 Å².